The molecule has 2 heterocycles. The molecule has 2 saturated heterocycles. The van der Waals surface area contributed by atoms with Gasteiger partial charge < -0.3 is 19.1 Å². The first-order chi connectivity index (χ1) is 10.8. The number of sulfone groups is 1. The maximum Gasteiger partial charge on any atom is 0.511 e. The van der Waals surface area contributed by atoms with Crippen LogP contribution in [0.2, 0.25) is 0 Å². The van der Waals surface area contributed by atoms with Crippen LogP contribution in [0.15, 0.2) is 0 Å². The Morgan fingerprint density at radius 3 is 2.29 bits per heavy atom. The number of carbonyl (C=O) groups excluding carboxylic acids is 3. The van der Waals surface area contributed by atoms with Gasteiger partial charge in [-0.1, -0.05) is 22.6 Å². The molecular weight excluding hydrogens is 457 g/mol. The first-order valence-corrected chi connectivity index (χ1v) is 9.76. The maximum absolute atomic E-state index is 12.6. The van der Waals surface area contributed by atoms with Gasteiger partial charge in [0.15, 0.2) is 15.2 Å². The number of methoxy groups -OCH3 is 1. The Kier molecular flexibility index (Phi) is 4.57. The molecule has 0 spiro atoms. The minimum absolute atomic E-state index is 0.441. The first kappa shape index (κ1) is 19.2. The Hall–Kier alpha value is -1.11. The average Bonchev–Trinajstić information content (AvgIpc) is 2.58. The van der Waals surface area contributed by atoms with Crippen molar-refractivity contribution in [2.45, 2.75) is 53.6 Å². The van der Waals surface area contributed by atoms with Crippen molar-refractivity contribution in [3.05, 3.63) is 0 Å². The average molecular weight is 475 g/mol. The van der Waals surface area contributed by atoms with E-state index in [1.807, 2.05) is 0 Å². The number of amides is 1. The highest BCUT2D eigenvalue weighted by Gasteiger charge is 2.72. The number of hydrogen-bond acceptors (Lipinski definition) is 8. The van der Waals surface area contributed by atoms with E-state index < -0.39 is 53.7 Å². The van der Waals surface area contributed by atoms with Gasteiger partial charge in [-0.25, -0.2) is 18.0 Å². The highest BCUT2D eigenvalue weighted by molar-refractivity contribution is 14.1. The number of fused-ring (bicyclic) bond motifs is 1. The lowest BCUT2D eigenvalue weighted by molar-refractivity contribution is -0.207. The number of β-lactam (4-membered cyclic amide) rings is 1. The molecule has 1 amide bonds. The van der Waals surface area contributed by atoms with Gasteiger partial charge in [0.1, 0.15) is 14.7 Å². The summed E-state index contributed by atoms with van der Waals surface area (Å²) in [6, 6.07) is -1.31. The Bertz CT molecular complexity index is 701. The third-order valence-corrected chi connectivity index (χ3v) is 8.60. The van der Waals surface area contributed by atoms with Crippen LogP contribution in [-0.4, -0.2) is 64.3 Å². The topological polar surface area (TPSA) is 116 Å². The summed E-state index contributed by atoms with van der Waals surface area (Å²) in [4.78, 5) is 36.8. The lowest BCUT2D eigenvalue weighted by Crippen LogP contribution is -2.64. The van der Waals surface area contributed by atoms with Crippen LogP contribution in [0.1, 0.15) is 27.7 Å². The molecule has 24 heavy (non-hydrogen) atoms. The predicted molar refractivity (Wildman–Crippen MR) is 88.9 cm³/mol. The monoisotopic (exact) mass is 475 g/mol. The van der Waals surface area contributed by atoms with Crippen molar-refractivity contribution in [2.75, 3.05) is 7.11 Å². The molecule has 0 aliphatic carbocycles. The summed E-state index contributed by atoms with van der Waals surface area (Å²) in [6.45, 7) is 5.35. The molecule has 0 aromatic carbocycles. The predicted octanol–water partition coefficient (Wildman–Crippen LogP) is 0.596. The molecule has 11 heteroatoms. The van der Waals surface area contributed by atoms with Gasteiger partial charge in [0, 0.05) is 13.8 Å². The summed E-state index contributed by atoms with van der Waals surface area (Å²) < 4.78 is 37.3. The minimum Gasteiger partial charge on any atom is -0.438 e. The molecule has 136 valence electrons. The van der Waals surface area contributed by atoms with Crippen molar-refractivity contribution in [1.29, 1.82) is 0 Å². The standard InChI is InChI=1S/C13H18INO8S/c1-12(2)7(10(17)22-13(3,4)23-11(18)21-5)15-8(16)6(14)9(15)24(12,19)20/h6-7,9H,1-5H3/t6-,7+,9-/m1/s1. The number of nitrogens with zero attached hydrogens (tertiary/aromatic N) is 1. The number of esters is 1. The second-order valence-corrected chi connectivity index (χ2v) is 10.4. The molecular formula is C13H18INO8S. The molecule has 0 radical (unpaired) electrons. The smallest absolute Gasteiger partial charge is 0.438 e. The van der Waals surface area contributed by atoms with Crippen molar-refractivity contribution in [1.82, 2.24) is 4.90 Å². The summed E-state index contributed by atoms with van der Waals surface area (Å²) in [5, 5.41) is -1.05. The Labute approximate surface area is 153 Å². The van der Waals surface area contributed by atoms with Crippen LogP contribution in [-0.2, 0) is 33.6 Å². The number of alkyl halides is 1. The van der Waals surface area contributed by atoms with E-state index >= 15 is 0 Å². The van der Waals surface area contributed by atoms with Crippen LogP contribution in [0, 0.1) is 0 Å². The largest absolute Gasteiger partial charge is 0.511 e. The second-order valence-electron chi connectivity index (χ2n) is 6.47. The molecule has 0 unspecified atom stereocenters. The number of carbonyl (C=O) groups is 3. The summed E-state index contributed by atoms with van der Waals surface area (Å²) >= 11 is 1.75. The summed E-state index contributed by atoms with van der Waals surface area (Å²) in [6.07, 6.45) is -1.06. The van der Waals surface area contributed by atoms with Crippen LogP contribution in [0.25, 0.3) is 0 Å². The Balaban J connectivity index is 2.29. The molecule has 9 nitrogen and oxygen atoms in total. The van der Waals surface area contributed by atoms with E-state index in [0.29, 0.717) is 0 Å². The zero-order chi connectivity index (χ0) is 18.7. The van der Waals surface area contributed by atoms with Crippen molar-refractivity contribution in [2.24, 2.45) is 0 Å². The molecule has 0 aromatic rings. The quantitative estimate of drug-likeness (QED) is 0.192. The zero-order valence-corrected chi connectivity index (χ0v) is 16.7. The number of hydrogen-bond donors (Lipinski definition) is 0. The molecule has 2 fully saturated rings. The first-order valence-electron chi connectivity index (χ1n) is 6.97. The van der Waals surface area contributed by atoms with Crippen molar-refractivity contribution in [3.8, 4) is 0 Å². The maximum atomic E-state index is 12.6. The van der Waals surface area contributed by atoms with E-state index in [2.05, 4.69) is 4.74 Å². The lowest BCUT2D eigenvalue weighted by Gasteiger charge is -2.40. The van der Waals surface area contributed by atoms with E-state index in [9.17, 15) is 22.8 Å². The zero-order valence-electron chi connectivity index (χ0n) is 13.7. The normalized spacial score (nSPS) is 30.2. The van der Waals surface area contributed by atoms with Gasteiger partial charge in [-0.3, -0.25) is 4.79 Å². The molecule has 0 saturated carbocycles. The van der Waals surface area contributed by atoms with Crippen molar-refractivity contribution in [3.63, 3.8) is 0 Å². The molecule has 2 aliphatic rings. The highest BCUT2D eigenvalue weighted by Crippen LogP contribution is 2.48. The van der Waals surface area contributed by atoms with Crippen LogP contribution in [0.4, 0.5) is 4.79 Å². The third kappa shape index (κ3) is 2.65. The van der Waals surface area contributed by atoms with Crippen LogP contribution < -0.4 is 0 Å². The Morgan fingerprint density at radius 2 is 1.79 bits per heavy atom. The SMILES string of the molecule is COC(=O)OC(C)(C)OC(=O)[C@@H]1N2C(=O)[C@@H](I)[C@H]2S(=O)(=O)C1(C)C. The van der Waals surface area contributed by atoms with E-state index in [4.69, 9.17) is 9.47 Å². The molecule has 3 atom stereocenters. The molecule has 0 bridgehead atoms. The van der Waals surface area contributed by atoms with Crippen LogP contribution >= 0.6 is 22.6 Å². The van der Waals surface area contributed by atoms with Gasteiger partial charge in [-0.2, -0.15) is 0 Å². The van der Waals surface area contributed by atoms with E-state index in [-0.39, 0.29) is 0 Å². The Morgan fingerprint density at radius 1 is 1.25 bits per heavy atom. The van der Waals surface area contributed by atoms with Crippen molar-refractivity contribution < 1.29 is 37.0 Å². The fourth-order valence-electron chi connectivity index (χ4n) is 2.79. The van der Waals surface area contributed by atoms with Gasteiger partial charge in [-0.15, -0.1) is 0 Å². The van der Waals surface area contributed by atoms with Gasteiger partial charge in [0.25, 0.3) is 5.79 Å². The summed E-state index contributed by atoms with van der Waals surface area (Å²) in [7, 11) is -2.67. The third-order valence-electron chi connectivity index (χ3n) is 4.07. The number of rotatable bonds is 3. The fraction of sp³-hybridized carbons (Fsp3) is 0.769. The number of ether oxygens (including phenoxy) is 3. The van der Waals surface area contributed by atoms with Crippen LogP contribution in [0.3, 0.4) is 0 Å². The van der Waals surface area contributed by atoms with E-state index in [0.717, 1.165) is 12.0 Å². The fourth-order valence-corrected chi connectivity index (χ4v) is 6.72. The highest BCUT2D eigenvalue weighted by atomic mass is 127. The molecule has 2 rings (SSSR count). The summed E-state index contributed by atoms with van der Waals surface area (Å²) in [5.74, 6) is -3.08. The van der Waals surface area contributed by atoms with Crippen LogP contribution in [0.5, 0.6) is 0 Å². The minimum atomic E-state index is -3.76. The van der Waals surface area contributed by atoms with Gasteiger partial charge in [0.05, 0.1) is 7.11 Å². The van der Waals surface area contributed by atoms with Gasteiger partial charge >= 0.3 is 12.1 Å². The van der Waals surface area contributed by atoms with Crippen molar-refractivity contribution >= 4 is 50.5 Å². The summed E-state index contributed by atoms with van der Waals surface area (Å²) in [5.41, 5.74) is 0. The molecule has 0 aromatic heterocycles. The van der Waals surface area contributed by atoms with E-state index in [1.165, 1.54) is 27.7 Å². The molecule has 2 aliphatic heterocycles. The number of halogens is 1. The van der Waals surface area contributed by atoms with E-state index in [1.54, 1.807) is 22.6 Å². The second kappa shape index (κ2) is 5.71. The van der Waals surface area contributed by atoms with Gasteiger partial charge in [-0.05, 0) is 13.8 Å². The molecule has 0 N–H and O–H groups in total. The lowest BCUT2D eigenvalue weighted by atomic mass is 9.98. The van der Waals surface area contributed by atoms with Gasteiger partial charge in [0.2, 0.25) is 5.91 Å².